The van der Waals surface area contributed by atoms with Crippen LogP contribution in [0.5, 0.6) is 0 Å². The third-order valence-corrected chi connectivity index (χ3v) is 3.66. The smallest absolute Gasteiger partial charge is 0.414 e. The van der Waals surface area contributed by atoms with Gasteiger partial charge in [0.1, 0.15) is 6.10 Å². The summed E-state index contributed by atoms with van der Waals surface area (Å²) in [5.41, 5.74) is 0.768. The van der Waals surface area contributed by atoms with Gasteiger partial charge in [-0.3, -0.25) is 9.69 Å². The van der Waals surface area contributed by atoms with Gasteiger partial charge in [0.2, 0.25) is 0 Å². The first-order valence-electron chi connectivity index (χ1n) is 6.02. The zero-order valence-electron chi connectivity index (χ0n) is 10.2. The average molecular weight is 328 g/mol. The fourth-order valence-electron chi connectivity index (χ4n) is 2.01. The number of cyclic esters (lactones) is 1. The van der Waals surface area contributed by atoms with Crippen LogP contribution in [0, 0.1) is 0 Å². The molecule has 2 rings (SSSR count). The number of hydrogen-bond acceptors (Lipinski definition) is 3. The Balaban J connectivity index is 1.99. The van der Waals surface area contributed by atoms with Crippen LogP contribution >= 0.6 is 15.9 Å². The minimum atomic E-state index is -0.871. The molecule has 1 atom stereocenters. The molecule has 1 N–H and O–H groups in total. The number of nitrogens with zero attached hydrogens (tertiary/aromatic N) is 1. The number of amides is 1. The summed E-state index contributed by atoms with van der Waals surface area (Å²) < 4.78 is 6.09. The molecule has 1 unspecified atom stereocenters. The minimum absolute atomic E-state index is 0.0208. The van der Waals surface area contributed by atoms with E-state index in [1.54, 1.807) is 4.90 Å². The Morgan fingerprint density at radius 3 is 2.84 bits per heavy atom. The van der Waals surface area contributed by atoms with E-state index in [0.29, 0.717) is 19.4 Å². The molecular formula is C13H14BrNO4. The lowest BCUT2D eigenvalue weighted by molar-refractivity contribution is -0.137. The van der Waals surface area contributed by atoms with Gasteiger partial charge in [-0.15, -0.1) is 0 Å². The van der Waals surface area contributed by atoms with Crippen LogP contribution in [-0.4, -0.2) is 29.8 Å². The highest BCUT2D eigenvalue weighted by molar-refractivity contribution is 9.10. The quantitative estimate of drug-likeness (QED) is 0.923. The molecule has 1 aliphatic heterocycles. The van der Waals surface area contributed by atoms with Crippen LogP contribution in [0.4, 0.5) is 10.5 Å². The fourth-order valence-corrected chi connectivity index (χ4v) is 2.51. The molecule has 19 heavy (non-hydrogen) atoms. The summed E-state index contributed by atoms with van der Waals surface area (Å²) >= 11 is 3.40. The van der Waals surface area contributed by atoms with E-state index in [2.05, 4.69) is 15.9 Å². The molecule has 1 aliphatic rings. The molecule has 1 amide bonds. The van der Waals surface area contributed by atoms with Crippen molar-refractivity contribution in [2.45, 2.75) is 25.4 Å². The van der Waals surface area contributed by atoms with Crippen molar-refractivity contribution in [3.05, 3.63) is 28.7 Å². The van der Waals surface area contributed by atoms with Gasteiger partial charge >= 0.3 is 12.1 Å². The van der Waals surface area contributed by atoms with Crippen LogP contribution in [0.1, 0.15) is 19.3 Å². The Morgan fingerprint density at radius 1 is 1.47 bits per heavy atom. The Bertz CT molecular complexity index is 491. The number of carbonyl (C=O) groups is 2. The van der Waals surface area contributed by atoms with E-state index in [1.807, 2.05) is 24.3 Å². The van der Waals surface area contributed by atoms with E-state index < -0.39 is 12.1 Å². The lowest BCUT2D eigenvalue weighted by Crippen LogP contribution is -2.42. The summed E-state index contributed by atoms with van der Waals surface area (Å²) in [6.45, 7) is 0.533. The largest absolute Gasteiger partial charge is 0.481 e. The van der Waals surface area contributed by atoms with Gasteiger partial charge in [-0.1, -0.05) is 12.1 Å². The Labute approximate surface area is 119 Å². The number of carbonyl (C=O) groups excluding carboxylic acids is 1. The average Bonchev–Trinajstić information content (AvgIpc) is 2.38. The number of anilines is 1. The summed E-state index contributed by atoms with van der Waals surface area (Å²) in [4.78, 5) is 24.0. The first kappa shape index (κ1) is 13.9. The van der Waals surface area contributed by atoms with Crippen LogP contribution in [0.3, 0.4) is 0 Å². The number of halogens is 1. The van der Waals surface area contributed by atoms with Gasteiger partial charge in [0.05, 0.1) is 5.69 Å². The summed E-state index contributed by atoms with van der Waals surface area (Å²) in [7, 11) is 0. The molecule has 1 aromatic rings. The van der Waals surface area contributed by atoms with Gasteiger partial charge in [0.15, 0.2) is 0 Å². The molecule has 1 saturated heterocycles. The zero-order valence-corrected chi connectivity index (χ0v) is 11.8. The fraction of sp³-hybridized carbons (Fsp3) is 0.385. The molecule has 0 radical (unpaired) electrons. The van der Waals surface area contributed by atoms with E-state index >= 15 is 0 Å². The molecule has 1 heterocycles. The maximum atomic E-state index is 11.9. The van der Waals surface area contributed by atoms with Gasteiger partial charge in [0, 0.05) is 23.9 Å². The first-order chi connectivity index (χ1) is 9.08. The molecule has 5 nitrogen and oxygen atoms in total. The van der Waals surface area contributed by atoms with Crippen LogP contribution in [0.2, 0.25) is 0 Å². The minimum Gasteiger partial charge on any atom is -0.481 e. The van der Waals surface area contributed by atoms with E-state index in [1.165, 1.54) is 0 Å². The van der Waals surface area contributed by atoms with Crippen molar-refractivity contribution < 1.29 is 19.4 Å². The highest BCUT2D eigenvalue weighted by Crippen LogP contribution is 2.29. The lowest BCUT2D eigenvalue weighted by Gasteiger charge is -2.32. The second kappa shape index (κ2) is 6.06. The summed E-state index contributed by atoms with van der Waals surface area (Å²) in [6, 6.07) is 7.42. The van der Waals surface area contributed by atoms with Crippen molar-refractivity contribution >= 4 is 33.7 Å². The lowest BCUT2D eigenvalue weighted by atomic mass is 10.1. The molecule has 0 bridgehead atoms. The van der Waals surface area contributed by atoms with E-state index in [9.17, 15) is 9.59 Å². The van der Waals surface area contributed by atoms with Gasteiger partial charge in [-0.2, -0.15) is 0 Å². The van der Waals surface area contributed by atoms with Crippen molar-refractivity contribution in [3.8, 4) is 0 Å². The van der Waals surface area contributed by atoms with Crippen LogP contribution in [-0.2, 0) is 9.53 Å². The van der Waals surface area contributed by atoms with Gasteiger partial charge < -0.3 is 9.84 Å². The van der Waals surface area contributed by atoms with Gasteiger partial charge in [-0.25, -0.2) is 4.79 Å². The third kappa shape index (κ3) is 3.47. The van der Waals surface area contributed by atoms with Gasteiger partial charge in [0.25, 0.3) is 0 Å². The number of carboxylic acid groups (broad SMARTS) is 1. The Hall–Kier alpha value is -1.56. The van der Waals surface area contributed by atoms with E-state index in [4.69, 9.17) is 9.84 Å². The number of aliphatic carboxylic acids is 1. The molecule has 1 aromatic carbocycles. The topological polar surface area (TPSA) is 66.8 Å². The number of carboxylic acids is 1. The van der Waals surface area contributed by atoms with Crippen molar-refractivity contribution in [1.82, 2.24) is 0 Å². The number of rotatable bonds is 4. The number of benzene rings is 1. The number of hydrogen-bond donors (Lipinski definition) is 1. The van der Waals surface area contributed by atoms with Crippen LogP contribution in [0.25, 0.3) is 0 Å². The maximum Gasteiger partial charge on any atom is 0.414 e. The highest BCUT2D eigenvalue weighted by atomic mass is 79.9. The van der Waals surface area contributed by atoms with Gasteiger partial charge in [-0.05, 0) is 34.5 Å². The van der Waals surface area contributed by atoms with E-state index in [0.717, 1.165) is 10.2 Å². The predicted octanol–water partition coefficient (Wildman–Crippen LogP) is 3.03. The summed E-state index contributed by atoms with van der Waals surface area (Å²) in [5, 5.41) is 8.62. The molecular weight excluding hydrogens is 314 g/mol. The van der Waals surface area contributed by atoms with E-state index in [-0.39, 0.29) is 12.5 Å². The number of ether oxygens (including phenoxy) is 1. The SMILES string of the molecule is O=C(O)CCC1CCN(c2ccccc2Br)C(=O)O1. The number of para-hydroxylation sites is 1. The van der Waals surface area contributed by atoms with Crippen molar-refractivity contribution in [1.29, 1.82) is 0 Å². The summed E-state index contributed by atoms with van der Waals surface area (Å²) in [5.74, 6) is -0.871. The normalized spacial score (nSPS) is 19.1. The van der Waals surface area contributed by atoms with Crippen molar-refractivity contribution in [2.24, 2.45) is 0 Å². The van der Waals surface area contributed by atoms with Crippen molar-refractivity contribution in [2.75, 3.05) is 11.4 Å². The monoisotopic (exact) mass is 327 g/mol. The molecule has 6 heteroatoms. The maximum absolute atomic E-state index is 11.9. The molecule has 0 aliphatic carbocycles. The Morgan fingerprint density at radius 2 is 2.21 bits per heavy atom. The molecule has 102 valence electrons. The standard InChI is InChI=1S/C13H14BrNO4/c14-10-3-1-2-4-11(10)15-8-7-9(19-13(15)18)5-6-12(16)17/h1-4,9H,5-8H2,(H,16,17). The predicted molar refractivity (Wildman–Crippen MR) is 73.2 cm³/mol. The third-order valence-electron chi connectivity index (χ3n) is 2.99. The summed E-state index contributed by atoms with van der Waals surface area (Å²) in [6.07, 6.45) is 0.300. The molecule has 1 fully saturated rings. The molecule has 0 aromatic heterocycles. The molecule has 0 saturated carbocycles. The molecule has 0 spiro atoms. The van der Waals surface area contributed by atoms with Crippen molar-refractivity contribution in [3.63, 3.8) is 0 Å². The second-order valence-electron chi connectivity index (χ2n) is 4.33. The first-order valence-corrected chi connectivity index (χ1v) is 6.81. The van der Waals surface area contributed by atoms with Crippen LogP contribution in [0.15, 0.2) is 28.7 Å². The second-order valence-corrected chi connectivity index (χ2v) is 5.18. The van der Waals surface area contributed by atoms with Crippen LogP contribution < -0.4 is 4.90 Å². The Kier molecular flexibility index (Phi) is 4.42. The zero-order chi connectivity index (χ0) is 13.8. The highest BCUT2D eigenvalue weighted by Gasteiger charge is 2.29.